The monoisotopic (exact) mass is 382 g/mol. The Hall–Kier alpha value is -0.630. The Labute approximate surface area is 132 Å². The molecule has 1 amide bonds. The van der Waals surface area contributed by atoms with Gasteiger partial charge < -0.3 is 5.32 Å². The maximum absolute atomic E-state index is 12.0. The van der Waals surface area contributed by atoms with Gasteiger partial charge in [-0.25, -0.2) is 13.1 Å². The zero-order valence-electron chi connectivity index (χ0n) is 10.9. The van der Waals surface area contributed by atoms with E-state index in [9.17, 15) is 13.2 Å². The Morgan fingerprint density at radius 1 is 1.35 bits per heavy atom. The van der Waals surface area contributed by atoms with E-state index in [0.29, 0.717) is 16.0 Å². The summed E-state index contributed by atoms with van der Waals surface area (Å²) in [4.78, 5) is 11.5. The van der Waals surface area contributed by atoms with E-state index in [2.05, 4.69) is 26.0 Å². The molecule has 0 aromatic heterocycles. The lowest BCUT2D eigenvalue weighted by Gasteiger charge is -2.08. The molecular formula is C12H16BrClN2O3S. The fraction of sp³-hybridized carbons (Fsp3) is 0.417. The maximum atomic E-state index is 12.0. The molecule has 0 atom stereocenters. The van der Waals surface area contributed by atoms with Crippen LogP contribution in [0.2, 0.25) is 5.02 Å². The van der Waals surface area contributed by atoms with E-state index in [1.807, 2.05) is 6.92 Å². The minimum Gasteiger partial charge on any atom is -0.356 e. The van der Waals surface area contributed by atoms with Crippen molar-refractivity contribution in [3.05, 3.63) is 27.7 Å². The summed E-state index contributed by atoms with van der Waals surface area (Å²) in [5, 5.41) is 3.11. The van der Waals surface area contributed by atoms with E-state index >= 15 is 0 Å². The molecule has 0 spiro atoms. The zero-order chi connectivity index (χ0) is 15.2. The predicted molar refractivity (Wildman–Crippen MR) is 82.3 cm³/mol. The van der Waals surface area contributed by atoms with Crippen LogP contribution in [0.25, 0.3) is 0 Å². The van der Waals surface area contributed by atoms with Crippen molar-refractivity contribution in [2.75, 3.05) is 13.1 Å². The lowest BCUT2D eigenvalue weighted by Crippen LogP contribution is -2.31. The fourth-order valence-corrected chi connectivity index (χ4v) is 3.08. The molecule has 112 valence electrons. The summed E-state index contributed by atoms with van der Waals surface area (Å²) in [6, 6.07) is 4.32. The lowest BCUT2D eigenvalue weighted by atomic mass is 10.4. The molecule has 20 heavy (non-hydrogen) atoms. The fourth-order valence-electron chi connectivity index (χ4n) is 1.38. The van der Waals surface area contributed by atoms with Gasteiger partial charge in [0.2, 0.25) is 15.9 Å². The van der Waals surface area contributed by atoms with Gasteiger partial charge in [0, 0.05) is 24.0 Å². The summed E-state index contributed by atoms with van der Waals surface area (Å²) in [5.41, 5.74) is 0. The minimum absolute atomic E-state index is 0.0537. The van der Waals surface area contributed by atoms with Crippen LogP contribution < -0.4 is 10.0 Å². The van der Waals surface area contributed by atoms with Crippen LogP contribution in [0.4, 0.5) is 0 Å². The summed E-state index contributed by atoms with van der Waals surface area (Å²) < 4.78 is 26.8. The topological polar surface area (TPSA) is 75.3 Å². The molecule has 0 aliphatic carbocycles. The molecule has 0 unspecified atom stereocenters. The average Bonchev–Trinajstić information content (AvgIpc) is 2.39. The molecule has 0 saturated heterocycles. The van der Waals surface area contributed by atoms with E-state index < -0.39 is 10.0 Å². The number of amides is 1. The van der Waals surface area contributed by atoms with Crippen molar-refractivity contribution in [1.82, 2.24) is 10.0 Å². The van der Waals surface area contributed by atoms with E-state index in [1.165, 1.54) is 18.2 Å². The third kappa shape index (κ3) is 5.40. The van der Waals surface area contributed by atoms with Gasteiger partial charge in [-0.05, 0) is 40.5 Å². The van der Waals surface area contributed by atoms with Crippen molar-refractivity contribution in [2.45, 2.75) is 24.7 Å². The molecule has 0 aliphatic rings. The first-order chi connectivity index (χ1) is 9.36. The van der Waals surface area contributed by atoms with Crippen LogP contribution in [-0.4, -0.2) is 27.4 Å². The maximum Gasteiger partial charge on any atom is 0.240 e. The van der Waals surface area contributed by atoms with Crippen LogP contribution in [0, 0.1) is 0 Å². The number of rotatable bonds is 7. The number of benzene rings is 1. The molecule has 0 radical (unpaired) electrons. The summed E-state index contributed by atoms with van der Waals surface area (Å²) in [5.74, 6) is -0.174. The van der Waals surface area contributed by atoms with E-state index in [0.717, 1.165) is 6.42 Å². The molecule has 5 nitrogen and oxygen atoms in total. The molecule has 8 heteroatoms. The summed E-state index contributed by atoms with van der Waals surface area (Å²) in [6.07, 6.45) is 0.949. The smallest absolute Gasteiger partial charge is 0.240 e. The third-order valence-electron chi connectivity index (χ3n) is 2.42. The van der Waals surface area contributed by atoms with E-state index in [-0.39, 0.29) is 23.8 Å². The van der Waals surface area contributed by atoms with Crippen molar-refractivity contribution >= 4 is 43.5 Å². The van der Waals surface area contributed by atoms with Crippen LogP contribution in [-0.2, 0) is 14.8 Å². The molecule has 0 heterocycles. The second kappa shape index (κ2) is 7.97. The van der Waals surface area contributed by atoms with Crippen molar-refractivity contribution in [3.8, 4) is 0 Å². The van der Waals surface area contributed by atoms with Gasteiger partial charge in [-0.15, -0.1) is 0 Å². The van der Waals surface area contributed by atoms with Gasteiger partial charge >= 0.3 is 0 Å². The Balaban J connectivity index is 2.57. The first-order valence-corrected chi connectivity index (χ1v) is 8.73. The second-order valence-electron chi connectivity index (χ2n) is 4.07. The van der Waals surface area contributed by atoms with Gasteiger partial charge in [0.15, 0.2) is 0 Å². The quantitative estimate of drug-likeness (QED) is 0.758. The van der Waals surface area contributed by atoms with Crippen LogP contribution in [0.3, 0.4) is 0 Å². The predicted octanol–water partition coefficient (Wildman–Crippen LogP) is 2.30. The van der Waals surface area contributed by atoms with Crippen molar-refractivity contribution in [1.29, 1.82) is 0 Å². The van der Waals surface area contributed by atoms with Gasteiger partial charge in [0.05, 0.1) is 9.92 Å². The minimum atomic E-state index is -3.63. The molecule has 2 N–H and O–H groups in total. The van der Waals surface area contributed by atoms with Crippen molar-refractivity contribution in [2.24, 2.45) is 0 Å². The Bertz CT molecular complexity index is 578. The van der Waals surface area contributed by atoms with Gasteiger partial charge in [-0.1, -0.05) is 18.5 Å². The largest absolute Gasteiger partial charge is 0.356 e. The number of hydrogen-bond acceptors (Lipinski definition) is 3. The summed E-state index contributed by atoms with van der Waals surface area (Å²) in [7, 11) is -3.63. The number of carbonyl (C=O) groups is 1. The van der Waals surface area contributed by atoms with Crippen LogP contribution in [0.1, 0.15) is 19.8 Å². The molecule has 0 aliphatic heterocycles. The van der Waals surface area contributed by atoms with Crippen molar-refractivity contribution < 1.29 is 13.2 Å². The summed E-state index contributed by atoms with van der Waals surface area (Å²) in [6.45, 7) is 2.59. The number of hydrogen-bond donors (Lipinski definition) is 2. The number of carbonyl (C=O) groups excluding carboxylic acids is 1. The van der Waals surface area contributed by atoms with Crippen molar-refractivity contribution in [3.63, 3.8) is 0 Å². The normalized spacial score (nSPS) is 11.3. The number of nitrogens with one attached hydrogen (secondary N) is 2. The second-order valence-corrected chi connectivity index (χ2v) is 7.10. The van der Waals surface area contributed by atoms with E-state index in [1.54, 1.807) is 0 Å². The standard InChI is InChI=1S/C12H16BrClN2O3S/c1-2-6-15-12(17)5-7-16-20(18,19)9-3-4-11(14)10(13)8-9/h3-4,8,16H,2,5-7H2,1H3,(H,15,17). The van der Waals surface area contributed by atoms with Crippen LogP contribution in [0.5, 0.6) is 0 Å². The Kier molecular flexibility index (Phi) is 6.94. The molecule has 1 rings (SSSR count). The van der Waals surface area contributed by atoms with Crippen LogP contribution in [0.15, 0.2) is 27.6 Å². The zero-order valence-corrected chi connectivity index (χ0v) is 14.1. The van der Waals surface area contributed by atoms with E-state index in [4.69, 9.17) is 11.6 Å². The highest BCUT2D eigenvalue weighted by Crippen LogP contribution is 2.25. The Morgan fingerprint density at radius 2 is 2.05 bits per heavy atom. The summed E-state index contributed by atoms with van der Waals surface area (Å²) >= 11 is 8.98. The first kappa shape index (κ1) is 17.4. The number of halogens is 2. The van der Waals surface area contributed by atoms with Gasteiger partial charge in [0.1, 0.15) is 0 Å². The molecule has 0 fully saturated rings. The molecule has 0 bridgehead atoms. The van der Waals surface area contributed by atoms with Gasteiger partial charge in [0.25, 0.3) is 0 Å². The molecular weight excluding hydrogens is 368 g/mol. The lowest BCUT2D eigenvalue weighted by molar-refractivity contribution is -0.120. The highest BCUT2D eigenvalue weighted by molar-refractivity contribution is 9.10. The van der Waals surface area contributed by atoms with Gasteiger partial charge in [-0.3, -0.25) is 4.79 Å². The van der Waals surface area contributed by atoms with Crippen LogP contribution >= 0.6 is 27.5 Å². The highest BCUT2D eigenvalue weighted by atomic mass is 79.9. The van der Waals surface area contributed by atoms with Gasteiger partial charge in [-0.2, -0.15) is 0 Å². The molecule has 0 saturated carbocycles. The molecule has 1 aromatic carbocycles. The molecule has 1 aromatic rings. The number of sulfonamides is 1. The Morgan fingerprint density at radius 3 is 2.65 bits per heavy atom. The third-order valence-corrected chi connectivity index (χ3v) is 5.09. The first-order valence-electron chi connectivity index (χ1n) is 6.08. The highest BCUT2D eigenvalue weighted by Gasteiger charge is 2.15. The SMILES string of the molecule is CCCNC(=O)CCNS(=O)(=O)c1ccc(Cl)c(Br)c1. The average molecular weight is 384 g/mol.